The molecule has 0 saturated carbocycles. The Kier molecular flexibility index (Phi) is 3.92. The number of thiazole rings is 1. The molecule has 0 atom stereocenters. The molecule has 0 radical (unpaired) electrons. The van der Waals surface area contributed by atoms with Crippen molar-refractivity contribution in [3.05, 3.63) is 17.8 Å². The van der Waals surface area contributed by atoms with Crippen LogP contribution in [0.15, 0.2) is 22.3 Å². The molecule has 0 saturated heterocycles. The van der Waals surface area contributed by atoms with Gasteiger partial charge < -0.3 is 9.84 Å². The smallest absolute Gasteiger partial charge is 0.277 e. The molecular weight excluding hydrogens is 311 g/mol. The first-order chi connectivity index (χ1) is 10.7. The van der Waals surface area contributed by atoms with Crippen molar-refractivity contribution in [3.63, 3.8) is 0 Å². The number of alkyl halides is 1. The zero-order chi connectivity index (χ0) is 15.5. The number of carbonyl (C=O) groups is 1. The Balaban J connectivity index is 1.80. The summed E-state index contributed by atoms with van der Waals surface area (Å²) >= 11 is 1.26. The highest BCUT2D eigenvalue weighted by molar-refractivity contribution is 7.14. The van der Waals surface area contributed by atoms with Crippen LogP contribution in [0.3, 0.4) is 0 Å². The number of halogens is 1. The maximum Gasteiger partial charge on any atom is 0.277 e. The molecule has 0 fully saturated rings. The van der Waals surface area contributed by atoms with Gasteiger partial charge in [-0.1, -0.05) is 5.16 Å². The maximum absolute atomic E-state index is 12.3. The first-order valence-corrected chi connectivity index (χ1v) is 7.19. The summed E-state index contributed by atoms with van der Waals surface area (Å²) in [5.74, 6) is 0.377. The normalized spacial score (nSPS) is 10.8. The third-order valence-electron chi connectivity index (χ3n) is 2.64. The molecule has 114 valence electrons. The van der Waals surface area contributed by atoms with E-state index < -0.39 is 6.67 Å². The summed E-state index contributed by atoms with van der Waals surface area (Å²) in [6, 6.07) is 0. The highest BCUT2D eigenvalue weighted by Crippen LogP contribution is 2.25. The van der Waals surface area contributed by atoms with Crippen LogP contribution in [-0.2, 0) is 11.3 Å². The van der Waals surface area contributed by atoms with Gasteiger partial charge in [0.2, 0.25) is 11.7 Å². The van der Waals surface area contributed by atoms with E-state index in [1.54, 1.807) is 11.6 Å². The van der Waals surface area contributed by atoms with E-state index in [0.717, 1.165) is 0 Å². The molecule has 22 heavy (non-hydrogen) atoms. The average Bonchev–Trinajstić information content (AvgIpc) is 3.16. The number of hydrogen-bond donors (Lipinski definition) is 1. The number of carbonyl (C=O) groups excluding carboxylic acids is 1. The van der Waals surface area contributed by atoms with Crippen LogP contribution >= 0.6 is 11.3 Å². The molecular formula is C12H11FN6O2S. The average molecular weight is 322 g/mol. The number of rotatable bonds is 5. The van der Waals surface area contributed by atoms with Crippen LogP contribution in [0.5, 0.6) is 0 Å². The molecule has 0 unspecified atom stereocenters. The van der Waals surface area contributed by atoms with Crippen LogP contribution < -0.4 is 5.32 Å². The van der Waals surface area contributed by atoms with Gasteiger partial charge >= 0.3 is 0 Å². The molecule has 0 spiro atoms. The molecule has 3 heterocycles. The summed E-state index contributed by atoms with van der Waals surface area (Å²) in [7, 11) is 0. The number of nitrogens with one attached hydrogen (secondary N) is 1. The van der Waals surface area contributed by atoms with E-state index in [4.69, 9.17) is 4.52 Å². The molecule has 10 heteroatoms. The van der Waals surface area contributed by atoms with Crippen molar-refractivity contribution in [2.75, 3.05) is 12.0 Å². The van der Waals surface area contributed by atoms with Crippen molar-refractivity contribution < 1.29 is 13.7 Å². The Morgan fingerprint density at radius 1 is 1.50 bits per heavy atom. The van der Waals surface area contributed by atoms with Gasteiger partial charge in [0.1, 0.15) is 12.4 Å². The van der Waals surface area contributed by atoms with Gasteiger partial charge in [0.25, 0.3) is 5.89 Å². The van der Waals surface area contributed by atoms with Crippen molar-refractivity contribution >= 4 is 22.4 Å². The van der Waals surface area contributed by atoms with Crippen molar-refractivity contribution in [1.82, 2.24) is 24.9 Å². The van der Waals surface area contributed by atoms with Gasteiger partial charge in [-0.25, -0.2) is 9.37 Å². The van der Waals surface area contributed by atoms with Crippen LogP contribution in [0.25, 0.3) is 23.0 Å². The summed E-state index contributed by atoms with van der Waals surface area (Å²) in [5, 5.41) is 12.6. The zero-order valence-electron chi connectivity index (χ0n) is 11.5. The molecule has 0 aliphatic heterocycles. The quantitative estimate of drug-likeness (QED) is 0.771. The van der Waals surface area contributed by atoms with Gasteiger partial charge in [0.15, 0.2) is 5.13 Å². The highest BCUT2D eigenvalue weighted by Gasteiger charge is 2.15. The lowest BCUT2D eigenvalue weighted by Gasteiger charge is -1.92. The van der Waals surface area contributed by atoms with E-state index in [2.05, 4.69) is 25.5 Å². The first kappa shape index (κ1) is 14.3. The minimum absolute atomic E-state index is 0.177. The van der Waals surface area contributed by atoms with Gasteiger partial charge in [0.05, 0.1) is 18.3 Å². The van der Waals surface area contributed by atoms with Gasteiger partial charge in [-0.05, 0) is 0 Å². The van der Waals surface area contributed by atoms with E-state index >= 15 is 0 Å². The van der Waals surface area contributed by atoms with E-state index in [1.807, 2.05) is 0 Å². The molecule has 0 aromatic carbocycles. The van der Waals surface area contributed by atoms with Crippen LogP contribution in [0.4, 0.5) is 9.52 Å². The van der Waals surface area contributed by atoms with E-state index in [1.165, 1.54) is 29.1 Å². The van der Waals surface area contributed by atoms with Crippen LogP contribution in [-0.4, -0.2) is 37.5 Å². The fourth-order valence-electron chi connectivity index (χ4n) is 1.71. The number of aromatic nitrogens is 5. The van der Waals surface area contributed by atoms with Crippen molar-refractivity contribution in [1.29, 1.82) is 0 Å². The summed E-state index contributed by atoms with van der Waals surface area (Å²) in [4.78, 5) is 19.4. The molecule has 1 N–H and O–H groups in total. The van der Waals surface area contributed by atoms with Crippen LogP contribution in [0.1, 0.15) is 6.92 Å². The number of aryl methyl sites for hydroxylation is 1. The summed E-state index contributed by atoms with van der Waals surface area (Å²) in [6.07, 6.45) is 3.17. The summed E-state index contributed by atoms with van der Waals surface area (Å²) in [5.41, 5.74) is 1.10. The summed E-state index contributed by atoms with van der Waals surface area (Å²) in [6.45, 7) is 1.08. The fraction of sp³-hybridized carbons (Fsp3) is 0.250. The summed E-state index contributed by atoms with van der Waals surface area (Å²) < 4.78 is 18.9. The minimum atomic E-state index is -0.497. The lowest BCUT2D eigenvalue weighted by atomic mass is 10.3. The third kappa shape index (κ3) is 3.01. The molecule has 8 nitrogen and oxygen atoms in total. The fourth-order valence-corrected chi connectivity index (χ4v) is 2.44. The Bertz CT molecular complexity index is 795. The Labute approximate surface area is 128 Å². The van der Waals surface area contributed by atoms with Crippen molar-refractivity contribution in [3.8, 4) is 23.0 Å². The van der Waals surface area contributed by atoms with Crippen molar-refractivity contribution in [2.24, 2.45) is 0 Å². The molecule has 3 aromatic rings. The van der Waals surface area contributed by atoms with E-state index in [9.17, 15) is 9.18 Å². The minimum Gasteiger partial charge on any atom is -0.332 e. The molecule has 3 aromatic heterocycles. The predicted octanol–water partition coefficient (Wildman–Crippen LogP) is 1.98. The second-order valence-corrected chi connectivity index (χ2v) is 5.18. The molecule has 1 amide bonds. The molecule has 0 aliphatic rings. The van der Waals surface area contributed by atoms with Gasteiger partial charge in [-0.15, -0.1) is 11.3 Å². The van der Waals surface area contributed by atoms with Gasteiger partial charge in [0, 0.05) is 18.5 Å². The number of amides is 1. The third-order valence-corrected chi connectivity index (χ3v) is 3.40. The largest absolute Gasteiger partial charge is 0.332 e. The predicted molar refractivity (Wildman–Crippen MR) is 76.9 cm³/mol. The van der Waals surface area contributed by atoms with Crippen LogP contribution in [0.2, 0.25) is 0 Å². The Hall–Kier alpha value is -2.62. The van der Waals surface area contributed by atoms with Gasteiger partial charge in [-0.3, -0.25) is 9.48 Å². The number of hydrogen-bond acceptors (Lipinski definition) is 7. The second-order valence-electron chi connectivity index (χ2n) is 4.32. The zero-order valence-corrected chi connectivity index (χ0v) is 12.3. The monoisotopic (exact) mass is 322 g/mol. The van der Waals surface area contributed by atoms with Crippen LogP contribution in [0, 0.1) is 0 Å². The first-order valence-electron chi connectivity index (χ1n) is 6.31. The number of nitrogens with zero attached hydrogens (tertiary/aromatic N) is 5. The SMILES string of the molecule is CC(=O)Nc1nc(-c2nc(-c3cnn(CCF)c3)no2)cs1. The molecule has 0 aliphatic carbocycles. The Morgan fingerprint density at radius 3 is 3.14 bits per heavy atom. The second kappa shape index (κ2) is 6.02. The molecule has 3 rings (SSSR count). The van der Waals surface area contributed by atoms with Gasteiger partial charge in [-0.2, -0.15) is 10.1 Å². The molecule has 0 bridgehead atoms. The lowest BCUT2D eigenvalue weighted by Crippen LogP contribution is -2.04. The van der Waals surface area contributed by atoms with Crippen molar-refractivity contribution in [2.45, 2.75) is 13.5 Å². The standard InChI is InChI=1S/C12H11FN6O2S/c1-7(20)15-12-16-9(6-22-12)11-17-10(18-21-11)8-4-14-19(5-8)3-2-13/h4-6H,2-3H2,1H3,(H,15,16,20). The number of anilines is 1. The Morgan fingerprint density at radius 2 is 2.36 bits per heavy atom. The van der Waals surface area contributed by atoms with E-state index in [0.29, 0.717) is 22.2 Å². The topological polar surface area (TPSA) is 98.7 Å². The highest BCUT2D eigenvalue weighted by atomic mass is 32.1. The maximum atomic E-state index is 12.3. The lowest BCUT2D eigenvalue weighted by molar-refractivity contribution is -0.114. The van der Waals surface area contributed by atoms with E-state index in [-0.39, 0.29) is 18.3 Å².